The van der Waals surface area contributed by atoms with Crippen molar-refractivity contribution in [3.05, 3.63) is 0 Å². The van der Waals surface area contributed by atoms with Crippen LogP contribution in [-0.2, 0) is 4.79 Å². The first kappa shape index (κ1) is 16.0. The number of amides is 2. The Morgan fingerprint density at radius 2 is 1.57 bits per heavy atom. The smallest absolute Gasteiger partial charge is 0.320 e. The van der Waals surface area contributed by atoms with Gasteiger partial charge < -0.3 is 14.9 Å². The number of carbonyl (C=O) groups excluding carboxylic acids is 1. The van der Waals surface area contributed by atoms with Crippen molar-refractivity contribution in [3.8, 4) is 0 Å². The van der Waals surface area contributed by atoms with Crippen molar-refractivity contribution in [3.63, 3.8) is 0 Å². The van der Waals surface area contributed by atoms with Gasteiger partial charge in [0.15, 0.2) is 0 Å². The number of carboxylic acid groups (broad SMARTS) is 1. The van der Waals surface area contributed by atoms with Crippen molar-refractivity contribution in [2.24, 2.45) is 0 Å². The average Bonchev–Trinajstić information content (AvgIpc) is 2.41. The lowest BCUT2D eigenvalue weighted by Crippen LogP contribution is -2.62. The van der Waals surface area contributed by atoms with Crippen LogP contribution in [0.4, 0.5) is 4.79 Å². The van der Waals surface area contributed by atoms with E-state index in [1.54, 1.807) is 0 Å². The number of carbonyl (C=O) groups is 2. The number of carboxylic acids is 1. The van der Waals surface area contributed by atoms with Gasteiger partial charge in [0.2, 0.25) is 0 Å². The van der Waals surface area contributed by atoms with Gasteiger partial charge in [-0.1, -0.05) is 0 Å². The number of hydrogen-bond donors (Lipinski definition) is 1. The molecule has 2 fully saturated rings. The molecule has 0 saturated carbocycles. The molecule has 2 rings (SSSR count). The van der Waals surface area contributed by atoms with Gasteiger partial charge in [0.05, 0.1) is 6.54 Å². The lowest BCUT2D eigenvalue weighted by atomic mass is 10.00. The second-order valence-electron chi connectivity index (χ2n) is 6.60. The summed E-state index contributed by atoms with van der Waals surface area (Å²) in [7, 11) is 2.09. The zero-order valence-electron chi connectivity index (χ0n) is 13.2. The Morgan fingerprint density at radius 1 is 1.00 bits per heavy atom. The fraction of sp³-hybridized carbons (Fsp3) is 0.857. The van der Waals surface area contributed by atoms with Crippen molar-refractivity contribution >= 4 is 12.0 Å². The monoisotopic (exact) mass is 298 g/mol. The van der Waals surface area contributed by atoms with Gasteiger partial charge in [-0.25, -0.2) is 4.79 Å². The summed E-state index contributed by atoms with van der Waals surface area (Å²) in [5, 5.41) is 8.79. The van der Waals surface area contributed by atoms with Gasteiger partial charge in [0.1, 0.15) is 0 Å². The Kier molecular flexibility index (Phi) is 4.73. The molecular weight excluding hydrogens is 272 g/mol. The van der Waals surface area contributed by atoms with Gasteiger partial charge in [-0.15, -0.1) is 0 Å². The molecule has 0 aliphatic carbocycles. The molecule has 0 aromatic heterocycles. The van der Waals surface area contributed by atoms with E-state index in [-0.39, 0.29) is 18.1 Å². The quantitative estimate of drug-likeness (QED) is 0.767. The second kappa shape index (κ2) is 6.19. The highest BCUT2D eigenvalue weighted by atomic mass is 16.4. The number of nitrogens with zero attached hydrogens (tertiary/aromatic N) is 4. The number of hydrogen-bond acceptors (Lipinski definition) is 4. The Labute approximate surface area is 126 Å². The van der Waals surface area contributed by atoms with Crippen molar-refractivity contribution in [1.82, 2.24) is 19.6 Å². The lowest BCUT2D eigenvalue weighted by Gasteiger charge is -2.47. The van der Waals surface area contributed by atoms with Crippen LogP contribution in [0, 0.1) is 0 Å². The fourth-order valence-corrected chi connectivity index (χ4v) is 2.89. The van der Waals surface area contributed by atoms with E-state index < -0.39 is 5.97 Å². The van der Waals surface area contributed by atoms with E-state index in [0.717, 1.165) is 19.6 Å². The molecule has 0 bridgehead atoms. The summed E-state index contributed by atoms with van der Waals surface area (Å²) in [5.41, 5.74) is -0.000953. The standard InChI is InChI=1S/C14H26N4O3/c1-14(2)11-18(7-4-15(14)3)13(21)17-8-5-16(6-9-17)10-12(19)20/h4-11H2,1-3H3,(H,19,20). The summed E-state index contributed by atoms with van der Waals surface area (Å²) < 4.78 is 0. The van der Waals surface area contributed by atoms with E-state index >= 15 is 0 Å². The zero-order valence-corrected chi connectivity index (χ0v) is 13.2. The molecule has 1 N–H and O–H groups in total. The molecule has 2 aliphatic rings. The topological polar surface area (TPSA) is 67.3 Å². The first-order valence-electron chi connectivity index (χ1n) is 7.49. The molecule has 2 aliphatic heterocycles. The summed E-state index contributed by atoms with van der Waals surface area (Å²) in [4.78, 5) is 31.2. The average molecular weight is 298 g/mol. The zero-order chi connectivity index (χ0) is 15.6. The molecule has 7 heteroatoms. The third-order valence-corrected chi connectivity index (χ3v) is 4.59. The number of likely N-dealkylation sites (N-methyl/N-ethyl adjacent to an activating group) is 1. The van der Waals surface area contributed by atoms with Crippen LogP contribution in [0.5, 0.6) is 0 Å². The second-order valence-corrected chi connectivity index (χ2v) is 6.60. The van der Waals surface area contributed by atoms with E-state index in [1.165, 1.54) is 0 Å². The van der Waals surface area contributed by atoms with Crippen LogP contribution < -0.4 is 0 Å². The maximum atomic E-state index is 12.6. The molecule has 0 aromatic carbocycles. The molecule has 0 unspecified atom stereocenters. The third kappa shape index (κ3) is 3.85. The third-order valence-electron chi connectivity index (χ3n) is 4.59. The number of urea groups is 1. The van der Waals surface area contributed by atoms with E-state index in [0.29, 0.717) is 26.2 Å². The summed E-state index contributed by atoms with van der Waals surface area (Å²) in [6.45, 7) is 9.23. The van der Waals surface area contributed by atoms with Crippen molar-refractivity contribution < 1.29 is 14.7 Å². The number of piperazine rings is 2. The molecule has 120 valence electrons. The van der Waals surface area contributed by atoms with Gasteiger partial charge in [0, 0.05) is 51.4 Å². The van der Waals surface area contributed by atoms with E-state index in [4.69, 9.17) is 5.11 Å². The van der Waals surface area contributed by atoms with Gasteiger partial charge in [-0.2, -0.15) is 0 Å². The largest absolute Gasteiger partial charge is 0.480 e. The maximum absolute atomic E-state index is 12.6. The predicted octanol–water partition coefficient (Wildman–Crippen LogP) is -0.165. The first-order valence-corrected chi connectivity index (χ1v) is 7.49. The van der Waals surface area contributed by atoms with Gasteiger partial charge in [0.25, 0.3) is 0 Å². The molecular formula is C14H26N4O3. The molecule has 0 aromatic rings. The Hall–Kier alpha value is -1.34. The van der Waals surface area contributed by atoms with E-state index in [1.807, 2.05) is 14.7 Å². The number of aliphatic carboxylic acids is 1. The molecule has 0 radical (unpaired) electrons. The highest BCUT2D eigenvalue weighted by Gasteiger charge is 2.35. The van der Waals surface area contributed by atoms with E-state index in [9.17, 15) is 9.59 Å². The van der Waals surface area contributed by atoms with Crippen LogP contribution in [0.15, 0.2) is 0 Å². The normalized spacial score (nSPS) is 24.1. The lowest BCUT2D eigenvalue weighted by molar-refractivity contribution is -0.138. The Bertz CT molecular complexity index is 405. The van der Waals surface area contributed by atoms with Crippen LogP contribution >= 0.6 is 0 Å². The molecule has 2 heterocycles. The van der Waals surface area contributed by atoms with Crippen LogP contribution in [0.3, 0.4) is 0 Å². The van der Waals surface area contributed by atoms with Crippen molar-refractivity contribution in [2.75, 3.05) is 59.4 Å². The maximum Gasteiger partial charge on any atom is 0.320 e. The molecule has 0 spiro atoms. The summed E-state index contributed by atoms with van der Waals surface area (Å²) >= 11 is 0. The van der Waals surface area contributed by atoms with Gasteiger partial charge in [-0.05, 0) is 20.9 Å². The minimum Gasteiger partial charge on any atom is -0.480 e. The number of rotatable bonds is 2. The van der Waals surface area contributed by atoms with Crippen LogP contribution in [0.25, 0.3) is 0 Å². The fourth-order valence-electron chi connectivity index (χ4n) is 2.89. The first-order chi connectivity index (χ1) is 9.79. The van der Waals surface area contributed by atoms with Crippen LogP contribution in [0.1, 0.15) is 13.8 Å². The van der Waals surface area contributed by atoms with Crippen LogP contribution in [0.2, 0.25) is 0 Å². The minimum absolute atomic E-state index is 0.000953. The van der Waals surface area contributed by atoms with Gasteiger partial charge >= 0.3 is 12.0 Å². The van der Waals surface area contributed by atoms with Crippen LogP contribution in [-0.4, -0.2) is 102 Å². The Balaban J connectivity index is 1.86. The molecule has 21 heavy (non-hydrogen) atoms. The summed E-state index contributed by atoms with van der Waals surface area (Å²) in [6, 6.07) is 0.0890. The highest BCUT2D eigenvalue weighted by Crippen LogP contribution is 2.20. The molecule has 2 saturated heterocycles. The molecule has 7 nitrogen and oxygen atoms in total. The summed E-state index contributed by atoms with van der Waals surface area (Å²) in [5.74, 6) is -0.810. The highest BCUT2D eigenvalue weighted by molar-refractivity contribution is 5.75. The SMILES string of the molecule is CN1CCN(C(=O)N2CCN(CC(=O)O)CC2)CC1(C)C. The van der Waals surface area contributed by atoms with E-state index in [2.05, 4.69) is 25.8 Å². The molecule has 2 amide bonds. The van der Waals surface area contributed by atoms with Gasteiger partial charge in [-0.3, -0.25) is 14.6 Å². The molecule has 0 atom stereocenters. The Morgan fingerprint density at radius 3 is 2.10 bits per heavy atom. The van der Waals surface area contributed by atoms with Crippen molar-refractivity contribution in [2.45, 2.75) is 19.4 Å². The van der Waals surface area contributed by atoms with Crippen molar-refractivity contribution in [1.29, 1.82) is 0 Å². The summed E-state index contributed by atoms with van der Waals surface area (Å²) in [6.07, 6.45) is 0. The minimum atomic E-state index is -0.810. The predicted molar refractivity (Wildman–Crippen MR) is 79.3 cm³/mol.